The molecule has 1 N–H and O–H groups in total. The molecule has 0 unspecified atom stereocenters. The molecule has 5 nitrogen and oxygen atoms in total. The van der Waals surface area contributed by atoms with Gasteiger partial charge in [0, 0.05) is 19.6 Å². The number of carbonyl (C=O) groups is 2. The van der Waals surface area contributed by atoms with E-state index >= 15 is 0 Å². The molecule has 1 amide bonds. The van der Waals surface area contributed by atoms with Crippen LogP contribution in [0, 0.1) is 0 Å². The Morgan fingerprint density at radius 3 is 2.57 bits per heavy atom. The van der Waals surface area contributed by atoms with Crippen molar-refractivity contribution in [2.45, 2.75) is 25.2 Å². The summed E-state index contributed by atoms with van der Waals surface area (Å²) in [6.07, 6.45) is -4.47. The molecule has 126 valence electrons. The van der Waals surface area contributed by atoms with Crippen LogP contribution < -0.4 is 5.32 Å². The first-order valence-electron chi connectivity index (χ1n) is 7.06. The summed E-state index contributed by atoms with van der Waals surface area (Å²) < 4.78 is 42.3. The van der Waals surface area contributed by atoms with Gasteiger partial charge in [-0.15, -0.1) is 0 Å². The quantitative estimate of drug-likeness (QED) is 0.852. The molecular formula is C15H17F3N2O3. The third kappa shape index (κ3) is 4.44. The maximum absolute atomic E-state index is 12.6. The maximum Gasteiger partial charge on any atom is 0.416 e. The molecule has 0 saturated carbocycles. The second-order valence-electron chi connectivity index (χ2n) is 5.25. The minimum Gasteiger partial charge on any atom is -0.469 e. The Kier molecular flexibility index (Phi) is 5.25. The smallest absolute Gasteiger partial charge is 0.416 e. The standard InChI is InChI=1S/C15H17F3N2O3/c1-23-13(21)8-12-14(22)19-6-7-20(12)9-10-2-4-11(5-3-10)15(16,17)18/h2-5,12H,6-9H2,1H3,(H,19,22)/t12-/m1/s1. The van der Waals surface area contributed by atoms with Gasteiger partial charge in [-0.05, 0) is 17.7 Å². The van der Waals surface area contributed by atoms with Crippen LogP contribution in [-0.4, -0.2) is 43.0 Å². The van der Waals surface area contributed by atoms with E-state index in [2.05, 4.69) is 10.1 Å². The van der Waals surface area contributed by atoms with Crippen molar-refractivity contribution in [2.75, 3.05) is 20.2 Å². The number of ether oxygens (including phenoxy) is 1. The first kappa shape index (κ1) is 17.3. The van der Waals surface area contributed by atoms with Gasteiger partial charge in [-0.2, -0.15) is 13.2 Å². The zero-order chi connectivity index (χ0) is 17.0. The first-order valence-corrected chi connectivity index (χ1v) is 7.06. The van der Waals surface area contributed by atoms with Crippen LogP contribution in [0.5, 0.6) is 0 Å². The van der Waals surface area contributed by atoms with Crippen molar-refractivity contribution in [3.63, 3.8) is 0 Å². The van der Waals surface area contributed by atoms with Crippen LogP contribution >= 0.6 is 0 Å². The van der Waals surface area contributed by atoms with Crippen LogP contribution in [0.1, 0.15) is 17.5 Å². The second-order valence-corrected chi connectivity index (χ2v) is 5.25. The molecule has 0 radical (unpaired) electrons. The monoisotopic (exact) mass is 330 g/mol. The molecule has 0 spiro atoms. The maximum atomic E-state index is 12.6. The zero-order valence-corrected chi connectivity index (χ0v) is 12.5. The van der Waals surface area contributed by atoms with E-state index < -0.39 is 23.8 Å². The number of nitrogens with zero attached hydrogens (tertiary/aromatic N) is 1. The fraction of sp³-hybridized carbons (Fsp3) is 0.467. The molecule has 1 atom stereocenters. The number of nitrogens with one attached hydrogen (secondary N) is 1. The summed E-state index contributed by atoms with van der Waals surface area (Å²) in [7, 11) is 1.24. The first-order chi connectivity index (χ1) is 10.8. The number of halogens is 3. The van der Waals surface area contributed by atoms with Crippen molar-refractivity contribution >= 4 is 11.9 Å². The lowest BCUT2D eigenvalue weighted by atomic mass is 10.1. The second kappa shape index (κ2) is 6.99. The van der Waals surface area contributed by atoms with Gasteiger partial charge in [0.2, 0.25) is 5.91 Å². The lowest BCUT2D eigenvalue weighted by Crippen LogP contribution is -2.55. The molecule has 1 aliphatic rings. The van der Waals surface area contributed by atoms with E-state index in [0.29, 0.717) is 18.7 Å². The number of methoxy groups -OCH3 is 1. The van der Waals surface area contributed by atoms with Crippen LogP contribution in [0.2, 0.25) is 0 Å². The summed E-state index contributed by atoms with van der Waals surface area (Å²) in [5.41, 5.74) is -0.0775. The summed E-state index contributed by atoms with van der Waals surface area (Å²) in [5.74, 6) is -0.793. The number of esters is 1. The predicted octanol–water partition coefficient (Wildman–Crippen LogP) is 1.57. The molecule has 0 aliphatic carbocycles. The van der Waals surface area contributed by atoms with Crippen molar-refractivity contribution in [3.8, 4) is 0 Å². The van der Waals surface area contributed by atoms with E-state index in [4.69, 9.17) is 0 Å². The van der Waals surface area contributed by atoms with Crippen molar-refractivity contribution in [1.82, 2.24) is 10.2 Å². The average Bonchev–Trinajstić information content (AvgIpc) is 2.50. The topological polar surface area (TPSA) is 58.6 Å². The number of hydrogen-bond acceptors (Lipinski definition) is 4. The normalized spacial score (nSPS) is 19.3. The molecule has 0 bridgehead atoms. The van der Waals surface area contributed by atoms with Gasteiger partial charge in [0.1, 0.15) is 6.04 Å². The van der Waals surface area contributed by atoms with Gasteiger partial charge in [0.05, 0.1) is 19.1 Å². The van der Waals surface area contributed by atoms with Crippen LogP contribution in [0.4, 0.5) is 13.2 Å². The average molecular weight is 330 g/mol. The molecule has 8 heteroatoms. The van der Waals surface area contributed by atoms with Crippen molar-refractivity contribution in [3.05, 3.63) is 35.4 Å². The molecular weight excluding hydrogens is 313 g/mol. The Morgan fingerprint density at radius 1 is 1.35 bits per heavy atom. The fourth-order valence-corrected chi connectivity index (χ4v) is 2.45. The number of benzene rings is 1. The van der Waals surface area contributed by atoms with E-state index in [1.807, 2.05) is 0 Å². The minimum atomic E-state index is -4.38. The van der Waals surface area contributed by atoms with E-state index in [0.717, 1.165) is 12.1 Å². The number of carbonyl (C=O) groups excluding carboxylic acids is 2. The largest absolute Gasteiger partial charge is 0.469 e. The van der Waals surface area contributed by atoms with E-state index in [-0.39, 0.29) is 18.9 Å². The third-order valence-corrected chi connectivity index (χ3v) is 3.70. The molecule has 23 heavy (non-hydrogen) atoms. The molecule has 2 rings (SSSR count). The highest BCUT2D eigenvalue weighted by Crippen LogP contribution is 2.29. The van der Waals surface area contributed by atoms with Gasteiger partial charge in [0.25, 0.3) is 0 Å². The van der Waals surface area contributed by atoms with Gasteiger partial charge in [-0.1, -0.05) is 12.1 Å². The van der Waals surface area contributed by atoms with Crippen molar-refractivity contribution in [1.29, 1.82) is 0 Å². The minimum absolute atomic E-state index is 0.0943. The van der Waals surface area contributed by atoms with Crippen LogP contribution in [0.3, 0.4) is 0 Å². The third-order valence-electron chi connectivity index (χ3n) is 3.70. The highest BCUT2D eigenvalue weighted by atomic mass is 19.4. The van der Waals surface area contributed by atoms with Crippen LogP contribution in [0.25, 0.3) is 0 Å². The summed E-state index contributed by atoms with van der Waals surface area (Å²) in [6.45, 7) is 1.22. The molecule has 1 aliphatic heterocycles. The number of rotatable bonds is 4. The fourth-order valence-electron chi connectivity index (χ4n) is 2.45. The molecule has 1 saturated heterocycles. The summed E-state index contributed by atoms with van der Waals surface area (Å²) in [4.78, 5) is 25.1. The molecule has 1 aromatic rings. The lowest BCUT2D eigenvalue weighted by molar-refractivity contribution is -0.146. The molecule has 1 heterocycles. The van der Waals surface area contributed by atoms with Crippen LogP contribution in [0.15, 0.2) is 24.3 Å². The van der Waals surface area contributed by atoms with Gasteiger partial charge < -0.3 is 10.1 Å². The number of amides is 1. The van der Waals surface area contributed by atoms with Gasteiger partial charge in [0.15, 0.2) is 0 Å². The van der Waals surface area contributed by atoms with E-state index in [9.17, 15) is 22.8 Å². The number of hydrogen-bond donors (Lipinski definition) is 1. The summed E-state index contributed by atoms with van der Waals surface area (Å²) in [6, 6.07) is 4.09. The Labute approximate surface area is 131 Å². The zero-order valence-electron chi connectivity index (χ0n) is 12.5. The number of alkyl halides is 3. The van der Waals surface area contributed by atoms with E-state index in [1.165, 1.54) is 19.2 Å². The SMILES string of the molecule is COC(=O)C[C@@H]1C(=O)NCCN1Cc1ccc(C(F)(F)F)cc1. The van der Waals surface area contributed by atoms with E-state index in [1.54, 1.807) is 4.90 Å². The van der Waals surface area contributed by atoms with Crippen molar-refractivity contribution < 1.29 is 27.5 Å². The molecule has 0 aromatic heterocycles. The van der Waals surface area contributed by atoms with Gasteiger partial charge in [-0.3, -0.25) is 14.5 Å². The summed E-state index contributed by atoms with van der Waals surface area (Å²) in [5, 5.41) is 2.67. The van der Waals surface area contributed by atoms with Gasteiger partial charge in [-0.25, -0.2) is 0 Å². The predicted molar refractivity (Wildman–Crippen MR) is 75.3 cm³/mol. The number of piperazine rings is 1. The lowest BCUT2D eigenvalue weighted by Gasteiger charge is -2.34. The van der Waals surface area contributed by atoms with Crippen molar-refractivity contribution in [2.24, 2.45) is 0 Å². The highest BCUT2D eigenvalue weighted by molar-refractivity contribution is 5.87. The summed E-state index contributed by atoms with van der Waals surface area (Å²) >= 11 is 0. The molecule has 1 fully saturated rings. The Hall–Kier alpha value is -2.09. The molecule has 1 aromatic carbocycles. The Balaban J connectivity index is 2.09. The van der Waals surface area contributed by atoms with Crippen LogP contribution in [-0.2, 0) is 27.0 Å². The Morgan fingerprint density at radius 2 is 2.00 bits per heavy atom. The Bertz CT molecular complexity index is 572. The van der Waals surface area contributed by atoms with Gasteiger partial charge >= 0.3 is 12.1 Å². The highest BCUT2D eigenvalue weighted by Gasteiger charge is 2.33.